The van der Waals surface area contributed by atoms with E-state index in [1.54, 1.807) is 0 Å². The normalized spacial score (nSPS) is 19.6. The van der Waals surface area contributed by atoms with Crippen LogP contribution in [0.3, 0.4) is 0 Å². The molecule has 0 saturated carbocycles. The molecule has 0 radical (unpaired) electrons. The summed E-state index contributed by atoms with van der Waals surface area (Å²) in [5.74, 6) is -1.10. The lowest BCUT2D eigenvalue weighted by Gasteiger charge is -2.18. The molecule has 0 aromatic heterocycles. The van der Waals surface area contributed by atoms with Gasteiger partial charge in [0.2, 0.25) is 0 Å². The number of hydrogen-bond donors (Lipinski definition) is 1. The first-order valence-electron chi connectivity index (χ1n) is 3.97. The van der Waals surface area contributed by atoms with Crippen molar-refractivity contribution in [1.29, 1.82) is 0 Å². The van der Waals surface area contributed by atoms with Crippen molar-refractivity contribution < 1.29 is 19.4 Å². The van der Waals surface area contributed by atoms with Crippen LogP contribution in [-0.2, 0) is 14.3 Å². The topological polar surface area (TPSA) is 55.8 Å². The van der Waals surface area contributed by atoms with E-state index in [-0.39, 0.29) is 5.79 Å². The minimum Gasteiger partial charge on any atom is -0.481 e. The maximum absolute atomic E-state index is 9.00. The molecule has 72 valence electrons. The smallest absolute Gasteiger partial charge is 0.300 e. The van der Waals surface area contributed by atoms with Gasteiger partial charge in [-0.3, -0.25) is 4.79 Å². The van der Waals surface area contributed by atoms with Crippen molar-refractivity contribution in [2.75, 3.05) is 13.2 Å². The summed E-state index contributed by atoms with van der Waals surface area (Å²) < 4.78 is 10.5. The lowest BCUT2D eigenvalue weighted by molar-refractivity contribution is -0.143. The molecule has 0 aromatic rings. The van der Waals surface area contributed by atoms with Crippen LogP contribution in [0.4, 0.5) is 0 Å². The third kappa shape index (κ3) is 5.09. The van der Waals surface area contributed by atoms with Crippen LogP contribution in [0, 0.1) is 0 Å². The Kier molecular flexibility index (Phi) is 4.85. The molecular formula is C8H16O4. The first kappa shape index (κ1) is 11.4. The largest absolute Gasteiger partial charge is 0.481 e. The van der Waals surface area contributed by atoms with E-state index in [1.807, 2.05) is 6.92 Å². The Morgan fingerprint density at radius 1 is 1.50 bits per heavy atom. The molecule has 0 spiro atoms. The summed E-state index contributed by atoms with van der Waals surface area (Å²) in [6.45, 7) is 6.62. The minimum atomic E-state index is -0.833. The van der Waals surface area contributed by atoms with Crippen LogP contribution in [0.1, 0.15) is 27.2 Å². The lowest BCUT2D eigenvalue weighted by Crippen LogP contribution is -2.23. The molecule has 1 heterocycles. The summed E-state index contributed by atoms with van der Waals surface area (Å²) in [6.07, 6.45) is 0.938. The second-order valence-electron chi connectivity index (χ2n) is 2.70. The van der Waals surface area contributed by atoms with Gasteiger partial charge >= 0.3 is 0 Å². The van der Waals surface area contributed by atoms with Crippen LogP contribution in [0.25, 0.3) is 0 Å². The average Bonchev–Trinajstić information content (AvgIpc) is 2.36. The molecular weight excluding hydrogens is 160 g/mol. The first-order valence-corrected chi connectivity index (χ1v) is 3.97. The van der Waals surface area contributed by atoms with Crippen LogP contribution in [0.15, 0.2) is 0 Å². The lowest BCUT2D eigenvalue weighted by atomic mass is 10.2. The van der Waals surface area contributed by atoms with Gasteiger partial charge in [-0.05, 0) is 13.3 Å². The first-order chi connectivity index (χ1) is 5.50. The van der Waals surface area contributed by atoms with E-state index in [9.17, 15) is 0 Å². The molecule has 0 bridgehead atoms. The van der Waals surface area contributed by atoms with E-state index < -0.39 is 5.97 Å². The van der Waals surface area contributed by atoms with Crippen LogP contribution in [0.5, 0.6) is 0 Å². The number of carboxylic acid groups (broad SMARTS) is 1. The number of carbonyl (C=O) groups is 1. The van der Waals surface area contributed by atoms with Crippen molar-refractivity contribution in [1.82, 2.24) is 0 Å². The summed E-state index contributed by atoms with van der Waals surface area (Å²) in [7, 11) is 0. The summed E-state index contributed by atoms with van der Waals surface area (Å²) in [4.78, 5) is 9.00. The highest BCUT2D eigenvalue weighted by molar-refractivity contribution is 5.62. The third-order valence-corrected chi connectivity index (χ3v) is 1.54. The Hall–Kier alpha value is -0.610. The molecule has 1 saturated heterocycles. The molecule has 4 heteroatoms. The zero-order valence-electron chi connectivity index (χ0n) is 7.79. The average molecular weight is 176 g/mol. The number of ether oxygens (including phenoxy) is 2. The summed E-state index contributed by atoms with van der Waals surface area (Å²) in [5.41, 5.74) is 0. The SMILES string of the molecule is CC(=O)O.CCC1(C)OCCO1. The van der Waals surface area contributed by atoms with Crippen LogP contribution in [0.2, 0.25) is 0 Å². The molecule has 0 amide bonds. The Morgan fingerprint density at radius 2 is 1.83 bits per heavy atom. The van der Waals surface area contributed by atoms with E-state index in [2.05, 4.69) is 6.92 Å². The van der Waals surface area contributed by atoms with Gasteiger partial charge < -0.3 is 14.6 Å². The second kappa shape index (κ2) is 5.11. The van der Waals surface area contributed by atoms with Crippen LogP contribution in [-0.4, -0.2) is 30.1 Å². The van der Waals surface area contributed by atoms with Gasteiger partial charge in [0, 0.05) is 6.92 Å². The van der Waals surface area contributed by atoms with Gasteiger partial charge in [-0.1, -0.05) is 6.92 Å². The highest BCUT2D eigenvalue weighted by atomic mass is 16.7. The molecule has 1 N–H and O–H groups in total. The van der Waals surface area contributed by atoms with Crippen molar-refractivity contribution >= 4 is 5.97 Å². The van der Waals surface area contributed by atoms with Gasteiger partial charge in [-0.2, -0.15) is 0 Å². The summed E-state index contributed by atoms with van der Waals surface area (Å²) in [6, 6.07) is 0. The molecule has 0 atom stereocenters. The molecule has 1 aliphatic rings. The van der Waals surface area contributed by atoms with E-state index >= 15 is 0 Å². The maximum atomic E-state index is 9.00. The van der Waals surface area contributed by atoms with Crippen LogP contribution >= 0.6 is 0 Å². The molecule has 0 aromatic carbocycles. The fraction of sp³-hybridized carbons (Fsp3) is 0.875. The van der Waals surface area contributed by atoms with Gasteiger partial charge in [0.15, 0.2) is 5.79 Å². The predicted molar refractivity (Wildman–Crippen MR) is 43.9 cm³/mol. The Morgan fingerprint density at radius 3 is 2.00 bits per heavy atom. The molecule has 1 aliphatic heterocycles. The van der Waals surface area contributed by atoms with E-state index in [0.717, 1.165) is 26.6 Å². The van der Waals surface area contributed by atoms with Gasteiger partial charge in [0.05, 0.1) is 13.2 Å². The molecule has 0 aliphatic carbocycles. The van der Waals surface area contributed by atoms with Gasteiger partial charge in [0.25, 0.3) is 5.97 Å². The Balaban J connectivity index is 0.000000261. The molecule has 1 rings (SSSR count). The zero-order chi connectivity index (χ0) is 9.61. The Labute approximate surface area is 72.5 Å². The molecule has 12 heavy (non-hydrogen) atoms. The molecule has 4 nitrogen and oxygen atoms in total. The van der Waals surface area contributed by atoms with Gasteiger partial charge in [-0.15, -0.1) is 0 Å². The van der Waals surface area contributed by atoms with E-state index in [4.69, 9.17) is 19.4 Å². The van der Waals surface area contributed by atoms with Gasteiger partial charge in [-0.25, -0.2) is 0 Å². The number of rotatable bonds is 1. The summed E-state index contributed by atoms with van der Waals surface area (Å²) in [5, 5.41) is 7.42. The predicted octanol–water partition coefficient (Wildman–Crippen LogP) is 1.25. The molecule has 0 unspecified atom stereocenters. The zero-order valence-corrected chi connectivity index (χ0v) is 7.79. The van der Waals surface area contributed by atoms with Gasteiger partial charge in [0.1, 0.15) is 0 Å². The van der Waals surface area contributed by atoms with E-state index in [0.29, 0.717) is 0 Å². The fourth-order valence-corrected chi connectivity index (χ4v) is 0.761. The van der Waals surface area contributed by atoms with E-state index in [1.165, 1.54) is 0 Å². The number of hydrogen-bond acceptors (Lipinski definition) is 3. The Bertz CT molecular complexity index is 134. The highest BCUT2D eigenvalue weighted by Gasteiger charge is 2.27. The van der Waals surface area contributed by atoms with Crippen LogP contribution < -0.4 is 0 Å². The number of aliphatic carboxylic acids is 1. The quantitative estimate of drug-likeness (QED) is 0.653. The fourth-order valence-electron chi connectivity index (χ4n) is 0.761. The number of carboxylic acids is 1. The van der Waals surface area contributed by atoms with Crippen molar-refractivity contribution in [2.24, 2.45) is 0 Å². The van der Waals surface area contributed by atoms with Crippen molar-refractivity contribution in [3.05, 3.63) is 0 Å². The minimum absolute atomic E-state index is 0.264. The maximum Gasteiger partial charge on any atom is 0.300 e. The third-order valence-electron chi connectivity index (χ3n) is 1.54. The van der Waals surface area contributed by atoms with Crippen molar-refractivity contribution in [3.8, 4) is 0 Å². The second-order valence-corrected chi connectivity index (χ2v) is 2.70. The van der Waals surface area contributed by atoms with Crippen molar-refractivity contribution in [3.63, 3.8) is 0 Å². The monoisotopic (exact) mass is 176 g/mol. The summed E-state index contributed by atoms with van der Waals surface area (Å²) >= 11 is 0. The molecule has 1 fully saturated rings. The standard InChI is InChI=1S/C6H12O2.C2H4O2/c1-3-6(2)7-4-5-8-6;1-2(3)4/h3-5H2,1-2H3;1H3,(H,3,4). The highest BCUT2D eigenvalue weighted by Crippen LogP contribution is 2.21. The van der Waals surface area contributed by atoms with Crippen molar-refractivity contribution in [2.45, 2.75) is 33.0 Å².